The molecule has 0 bridgehead atoms. The summed E-state index contributed by atoms with van der Waals surface area (Å²) in [7, 11) is 1.00. The standard InChI is InChI=1S/C21H33N3.CH4O/c1-7-13-22(14-8-2)19-20(23(15-9-3)16-10-4)21(19)24(17-11-5)18-12-6;1-2/h7-12,19-21H,1-6,13-18H2;2H,1H3. The van der Waals surface area contributed by atoms with Gasteiger partial charge in [0.05, 0.1) is 0 Å². The van der Waals surface area contributed by atoms with Crippen LogP contribution in [0, 0.1) is 0 Å². The zero-order chi connectivity index (χ0) is 19.9. The van der Waals surface area contributed by atoms with Crippen LogP contribution in [-0.4, -0.2) is 84.3 Å². The summed E-state index contributed by atoms with van der Waals surface area (Å²) < 4.78 is 0. The summed E-state index contributed by atoms with van der Waals surface area (Å²) >= 11 is 0. The van der Waals surface area contributed by atoms with Gasteiger partial charge >= 0.3 is 0 Å². The SMILES string of the molecule is C=CCN(CC=C)C1C(N(CC=C)CC=C)C1N(CC=C)CC=C.CO. The molecule has 0 atom stereocenters. The normalized spacial score (nSPS) is 20.9. The highest BCUT2D eigenvalue weighted by Crippen LogP contribution is 2.38. The summed E-state index contributed by atoms with van der Waals surface area (Å²) in [5.74, 6) is 0. The Morgan fingerprint density at radius 2 is 0.654 bits per heavy atom. The molecule has 0 heterocycles. The molecule has 1 fully saturated rings. The lowest BCUT2D eigenvalue weighted by Crippen LogP contribution is -2.35. The molecule has 1 N–H and O–H groups in total. The Balaban J connectivity index is 0.00000301. The van der Waals surface area contributed by atoms with E-state index in [1.165, 1.54) is 0 Å². The van der Waals surface area contributed by atoms with E-state index >= 15 is 0 Å². The lowest BCUT2D eigenvalue weighted by molar-refractivity contribution is 0.249. The van der Waals surface area contributed by atoms with E-state index in [2.05, 4.69) is 54.2 Å². The van der Waals surface area contributed by atoms with Gasteiger partial charge in [-0.1, -0.05) is 36.5 Å². The first-order valence-corrected chi connectivity index (χ1v) is 9.02. The summed E-state index contributed by atoms with van der Waals surface area (Å²) in [6.07, 6.45) is 11.8. The van der Waals surface area contributed by atoms with Gasteiger partial charge in [-0.2, -0.15) is 0 Å². The van der Waals surface area contributed by atoms with Crippen molar-refractivity contribution in [2.24, 2.45) is 0 Å². The number of hydrogen-bond acceptors (Lipinski definition) is 4. The fourth-order valence-corrected chi connectivity index (χ4v) is 3.51. The maximum Gasteiger partial charge on any atom is 0.0445 e. The predicted molar refractivity (Wildman–Crippen MR) is 115 cm³/mol. The van der Waals surface area contributed by atoms with Crippen molar-refractivity contribution in [2.75, 3.05) is 46.4 Å². The van der Waals surface area contributed by atoms with Gasteiger partial charge in [0, 0.05) is 64.5 Å². The number of hydrogen-bond donors (Lipinski definition) is 1. The van der Waals surface area contributed by atoms with Crippen LogP contribution < -0.4 is 0 Å². The van der Waals surface area contributed by atoms with Crippen LogP contribution in [0.3, 0.4) is 0 Å². The Kier molecular flexibility index (Phi) is 13.5. The highest BCUT2D eigenvalue weighted by atomic mass is 16.2. The van der Waals surface area contributed by atoms with E-state index in [0.717, 1.165) is 46.4 Å². The highest BCUT2D eigenvalue weighted by molar-refractivity contribution is 5.20. The van der Waals surface area contributed by atoms with E-state index in [1.807, 2.05) is 36.5 Å². The van der Waals surface area contributed by atoms with Crippen LogP contribution in [0.1, 0.15) is 0 Å². The van der Waals surface area contributed by atoms with Gasteiger partial charge in [0.1, 0.15) is 0 Å². The summed E-state index contributed by atoms with van der Waals surface area (Å²) in [6, 6.07) is 1.29. The number of aliphatic hydroxyl groups excluding tert-OH is 1. The Morgan fingerprint density at radius 1 is 0.500 bits per heavy atom. The molecule has 0 aromatic carbocycles. The van der Waals surface area contributed by atoms with Crippen molar-refractivity contribution in [1.29, 1.82) is 0 Å². The molecule has 0 unspecified atom stereocenters. The lowest BCUT2D eigenvalue weighted by Gasteiger charge is -2.23. The molecule has 0 aromatic heterocycles. The third kappa shape index (κ3) is 6.89. The highest BCUT2D eigenvalue weighted by Gasteiger charge is 2.57. The van der Waals surface area contributed by atoms with Gasteiger partial charge in [0.2, 0.25) is 0 Å². The van der Waals surface area contributed by atoms with Gasteiger partial charge in [-0.15, -0.1) is 39.5 Å². The maximum atomic E-state index is 7.00. The topological polar surface area (TPSA) is 30.0 Å². The second-order valence-corrected chi connectivity index (χ2v) is 6.07. The molecule has 0 radical (unpaired) electrons. The van der Waals surface area contributed by atoms with Gasteiger partial charge in [0.25, 0.3) is 0 Å². The summed E-state index contributed by atoms with van der Waals surface area (Å²) in [4.78, 5) is 7.31. The molecule has 1 rings (SSSR count). The van der Waals surface area contributed by atoms with Crippen molar-refractivity contribution in [1.82, 2.24) is 14.7 Å². The molecule has 1 saturated carbocycles. The minimum absolute atomic E-state index is 0.431. The average Bonchev–Trinajstić information content (AvgIpc) is 3.38. The fraction of sp³-hybridized carbons (Fsp3) is 0.455. The lowest BCUT2D eigenvalue weighted by atomic mass is 10.3. The van der Waals surface area contributed by atoms with E-state index < -0.39 is 0 Å². The van der Waals surface area contributed by atoms with Crippen molar-refractivity contribution >= 4 is 0 Å². The first-order chi connectivity index (χ1) is 12.7. The second-order valence-electron chi connectivity index (χ2n) is 6.07. The first-order valence-electron chi connectivity index (χ1n) is 9.02. The first kappa shape index (κ1) is 24.3. The van der Waals surface area contributed by atoms with Crippen LogP contribution in [0.2, 0.25) is 0 Å². The van der Waals surface area contributed by atoms with Gasteiger partial charge in [-0.3, -0.25) is 14.7 Å². The van der Waals surface area contributed by atoms with Crippen LogP contribution in [0.15, 0.2) is 75.9 Å². The van der Waals surface area contributed by atoms with Gasteiger partial charge in [0.15, 0.2) is 0 Å². The minimum atomic E-state index is 0.431. The molecule has 0 aromatic rings. The Hall–Kier alpha value is -1.72. The van der Waals surface area contributed by atoms with E-state index in [-0.39, 0.29) is 0 Å². The van der Waals surface area contributed by atoms with Gasteiger partial charge in [-0.05, 0) is 0 Å². The smallest absolute Gasteiger partial charge is 0.0445 e. The Morgan fingerprint density at radius 3 is 0.769 bits per heavy atom. The Bertz CT molecular complexity index is 358. The third-order valence-electron chi connectivity index (χ3n) is 4.36. The zero-order valence-electron chi connectivity index (χ0n) is 16.5. The largest absolute Gasteiger partial charge is 0.400 e. The zero-order valence-corrected chi connectivity index (χ0v) is 16.5. The van der Waals surface area contributed by atoms with E-state index in [1.54, 1.807) is 0 Å². The maximum absolute atomic E-state index is 7.00. The molecule has 26 heavy (non-hydrogen) atoms. The van der Waals surface area contributed by atoms with Crippen LogP contribution in [-0.2, 0) is 0 Å². The van der Waals surface area contributed by atoms with Crippen LogP contribution in [0.25, 0.3) is 0 Å². The number of rotatable bonds is 15. The van der Waals surface area contributed by atoms with E-state index in [9.17, 15) is 0 Å². The van der Waals surface area contributed by atoms with E-state index in [4.69, 9.17) is 5.11 Å². The molecule has 1 aliphatic rings. The molecule has 4 nitrogen and oxygen atoms in total. The van der Waals surface area contributed by atoms with Crippen molar-refractivity contribution in [3.8, 4) is 0 Å². The molecule has 146 valence electrons. The van der Waals surface area contributed by atoms with Gasteiger partial charge < -0.3 is 5.11 Å². The second kappa shape index (κ2) is 14.4. The van der Waals surface area contributed by atoms with Crippen molar-refractivity contribution in [2.45, 2.75) is 18.1 Å². The van der Waals surface area contributed by atoms with E-state index in [0.29, 0.717) is 18.1 Å². The molecular formula is C22H37N3O. The fourth-order valence-electron chi connectivity index (χ4n) is 3.51. The molecule has 0 amide bonds. The van der Waals surface area contributed by atoms with Crippen LogP contribution >= 0.6 is 0 Å². The molecular weight excluding hydrogens is 322 g/mol. The Labute approximate surface area is 160 Å². The molecule has 1 aliphatic carbocycles. The molecule has 0 saturated heterocycles. The summed E-state index contributed by atoms with van der Waals surface area (Å²) in [6.45, 7) is 28.6. The summed E-state index contributed by atoms with van der Waals surface area (Å²) in [5.41, 5.74) is 0. The van der Waals surface area contributed by atoms with Crippen molar-refractivity contribution in [3.05, 3.63) is 75.9 Å². The molecule has 0 aliphatic heterocycles. The monoisotopic (exact) mass is 359 g/mol. The number of nitrogens with zero attached hydrogens (tertiary/aromatic N) is 3. The molecule has 4 heteroatoms. The average molecular weight is 360 g/mol. The van der Waals surface area contributed by atoms with Crippen LogP contribution in [0.5, 0.6) is 0 Å². The van der Waals surface area contributed by atoms with Crippen molar-refractivity contribution < 1.29 is 5.11 Å². The minimum Gasteiger partial charge on any atom is -0.400 e. The summed E-state index contributed by atoms with van der Waals surface area (Å²) in [5, 5.41) is 7.00. The van der Waals surface area contributed by atoms with Gasteiger partial charge in [-0.25, -0.2) is 0 Å². The van der Waals surface area contributed by atoms with Crippen molar-refractivity contribution in [3.63, 3.8) is 0 Å². The molecule has 0 spiro atoms. The third-order valence-corrected chi connectivity index (χ3v) is 4.36. The van der Waals surface area contributed by atoms with Crippen LogP contribution in [0.4, 0.5) is 0 Å². The number of aliphatic hydroxyl groups is 1. The predicted octanol–water partition coefficient (Wildman–Crippen LogP) is 2.74. The quantitative estimate of drug-likeness (QED) is 0.455.